The van der Waals surface area contributed by atoms with Crippen molar-refractivity contribution in [2.24, 2.45) is 7.05 Å². The summed E-state index contributed by atoms with van der Waals surface area (Å²) < 4.78 is 40.3. The number of aromatic nitrogens is 2. The van der Waals surface area contributed by atoms with Crippen molar-refractivity contribution in [2.45, 2.75) is 33.2 Å². The minimum atomic E-state index is -2.28. The molecule has 0 aliphatic rings. The second-order valence-corrected chi connectivity index (χ2v) is 2.61. The van der Waals surface area contributed by atoms with Crippen LogP contribution in [-0.2, 0) is 13.6 Å². The largest absolute Gasteiger partial charge is 0.253 e. The van der Waals surface area contributed by atoms with Crippen LogP contribution in [0.5, 0.6) is 0 Å². The van der Waals surface area contributed by atoms with Crippen molar-refractivity contribution in [3.8, 4) is 0 Å². The molecule has 0 bridgehead atoms. The number of hydrogen-bond acceptors (Lipinski definition) is 0. The maximum Gasteiger partial charge on any atom is 0.253 e. The van der Waals surface area contributed by atoms with Crippen molar-refractivity contribution in [3.63, 3.8) is 0 Å². The zero-order valence-corrected chi connectivity index (χ0v) is 7.02. The van der Waals surface area contributed by atoms with Crippen LogP contribution in [-0.4, -0.2) is 4.57 Å². The molecule has 11 heavy (non-hydrogen) atoms. The molecule has 2 nitrogen and oxygen atoms in total. The van der Waals surface area contributed by atoms with Crippen LogP contribution in [0.3, 0.4) is 0 Å². The van der Waals surface area contributed by atoms with Crippen LogP contribution in [0, 0.1) is 6.85 Å². The summed E-state index contributed by atoms with van der Waals surface area (Å²) in [5, 5.41) is 0. The van der Waals surface area contributed by atoms with E-state index in [0.29, 0.717) is 6.54 Å². The van der Waals surface area contributed by atoms with E-state index in [4.69, 9.17) is 6.85 Å². The van der Waals surface area contributed by atoms with Crippen LogP contribution in [0.15, 0.2) is 12.3 Å². The Morgan fingerprint density at radius 3 is 3.27 bits per heavy atom. The first-order valence-corrected chi connectivity index (χ1v) is 3.86. The molecule has 0 unspecified atom stereocenters. The van der Waals surface area contributed by atoms with Crippen LogP contribution in [0.25, 0.3) is 0 Å². The summed E-state index contributed by atoms with van der Waals surface area (Å²) in [7, 11) is 1.52. The van der Waals surface area contributed by atoms with E-state index in [1.807, 2.05) is 6.92 Å². The molecule has 0 radical (unpaired) electrons. The van der Waals surface area contributed by atoms with E-state index >= 15 is 0 Å². The normalized spacial score (nSPS) is 18.2. The molecule has 0 amide bonds. The molecule has 0 aliphatic heterocycles. The molecule has 1 rings (SSSR count). The maximum atomic E-state index is 7.72. The zero-order valence-electron chi connectivity index (χ0n) is 12.0. The molecule has 0 spiro atoms. The fourth-order valence-corrected chi connectivity index (χ4v) is 0.900. The Hall–Kier alpha value is -0.790. The van der Waals surface area contributed by atoms with Crippen molar-refractivity contribution < 1.29 is 11.4 Å². The summed E-state index contributed by atoms with van der Waals surface area (Å²) in [5.41, 5.74) is 0. The number of hydrogen-bond donors (Lipinski definition) is 0. The third-order valence-corrected chi connectivity index (χ3v) is 1.66. The van der Waals surface area contributed by atoms with Gasteiger partial charge in [0.2, 0.25) is 0 Å². The van der Waals surface area contributed by atoms with Gasteiger partial charge in [-0.3, -0.25) is 0 Å². The fourth-order valence-electron chi connectivity index (χ4n) is 0.900. The highest BCUT2D eigenvalue weighted by molar-refractivity contribution is 4.78. The number of rotatable bonds is 3. The van der Waals surface area contributed by atoms with Gasteiger partial charge in [-0.25, -0.2) is 9.13 Å². The highest BCUT2D eigenvalue weighted by atomic mass is 15.1. The first kappa shape index (κ1) is 3.74. The van der Waals surface area contributed by atoms with Gasteiger partial charge in [0.25, 0.3) is 5.82 Å². The lowest BCUT2D eigenvalue weighted by Crippen LogP contribution is -2.29. The van der Waals surface area contributed by atoms with Gasteiger partial charge in [0.1, 0.15) is 15.1 Å². The van der Waals surface area contributed by atoms with Gasteiger partial charge < -0.3 is 0 Å². The number of unbranched alkanes of at least 4 members (excludes halogenated alkanes) is 1. The van der Waals surface area contributed by atoms with E-state index in [1.165, 1.54) is 16.2 Å². The van der Waals surface area contributed by atoms with Crippen LogP contribution >= 0.6 is 0 Å². The summed E-state index contributed by atoms with van der Waals surface area (Å²) in [6.45, 7) is 0.205. The topological polar surface area (TPSA) is 8.81 Å². The van der Waals surface area contributed by atoms with E-state index in [-0.39, 0.29) is 18.2 Å². The lowest BCUT2D eigenvalue weighted by molar-refractivity contribution is -0.677. The summed E-state index contributed by atoms with van der Waals surface area (Å²) in [6.07, 6.45) is 1.65. The maximum absolute atomic E-state index is 7.72. The summed E-state index contributed by atoms with van der Waals surface area (Å²) >= 11 is 0. The van der Waals surface area contributed by atoms with Crippen molar-refractivity contribution in [2.75, 3.05) is 0 Å². The van der Waals surface area contributed by atoms with Gasteiger partial charge in [-0.05, 0) is 6.42 Å². The summed E-state index contributed by atoms with van der Waals surface area (Å²) in [4.78, 5) is 0. The average molecular weight is 158 g/mol. The van der Waals surface area contributed by atoms with Crippen LogP contribution in [0.1, 0.15) is 32.4 Å². The van der Waals surface area contributed by atoms with Crippen LogP contribution in [0.2, 0.25) is 0 Å². The van der Waals surface area contributed by atoms with Crippen molar-refractivity contribution in [1.29, 1.82) is 0 Å². The Morgan fingerprint density at radius 1 is 1.82 bits per heavy atom. The second-order valence-electron chi connectivity index (χ2n) is 2.61. The molecular formula is C9H17N2+. The molecule has 0 saturated carbocycles. The molecule has 0 aromatic carbocycles. The molecular weight excluding hydrogens is 136 g/mol. The molecule has 1 heterocycles. The molecule has 0 aliphatic carbocycles. The van der Waals surface area contributed by atoms with E-state index in [0.717, 1.165) is 12.8 Å². The molecule has 62 valence electrons. The van der Waals surface area contributed by atoms with Crippen molar-refractivity contribution in [3.05, 3.63) is 18.2 Å². The Bertz CT molecular complexity index is 380. The smallest absolute Gasteiger partial charge is 0.237 e. The van der Waals surface area contributed by atoms with Gasteiger partial charge in [-0.2, -0.15) is 0 Å². The first-order valence-electron chi connectivity index (χ1n) is 6.36. The van der Waals surface area contributed by atoms with E-state index < -0.39 is 6.85 Å². The van der Waals surface area contributed by atoms with Gasteiger partial charge in [0, 0.05) is 11.0 Å². The predicted octanol–water partition coefficient (Wildman–Crippen LogP) is 1.42. The quantitative estimate of drug-likeness (QED) is 0.588. The number of nitrogens with zero attached hydrogens (tertiary/aromatic N) is 2. The Morgan fingerprint density at radius 2 is 2.64 bits per heavy atom. The van der Waals surface area contributed by atoms with Crippen LogP contribution < -0.4 is 4.57 Å². The number of imidazole rings is 1. The zero-order chi connectivity index (χ0) is 12.5. The first-order chi connectivity index (χ1) is 7.30. The van der Waals surface area contributed by atoms with Gasteiger partial charge in [0.05, 0.1) is 13.6 Å². The van der Waals surface area contributed by atoms with Gasteiger partial charge in [-0.1, -0.05) is 13.3 Å². The third kappa shape index (κ3) is 1.82. The third-order valence-electron chi connectivity index (χ3n) is 1.66. The molecule has 1 aromatic rings. The minimum absolute atomic E-state index is 0.0259. The Labute approximate surface area is 75.5 Å². The van der Waals surface area contributed by atoms with Gasteiger partial charge in [0.15, 0.2) is 0 Å². The second kappa shape index (κ2) is 3.56. The lowest BCUT2D eigenvalue weighted by atomic mass is 10.3. The van der Waals surface area contributed by atoms with Gasteiger partial charge in [-0.15, -0.1) is 0 Å². The standard InChI is InChI=1S/C9H17N2/c1-4-5-6-11-8-7-10(3)9(11)2/h7-8H,4-6H2,1-3H3/q+1/i2D3,7D,8D. The van der Waals surface area contributed by atoms with Gasteiger partial charge >= 0.3 is 0 Å². The lowest BCUT2D eigenvalue weighted by Gasteiger charge is -1.95. The Balaban J connectivity index is 3.28. The van der Waals surface area contributed by atoms with Crippen molar-refractivity contribution in [1.82, 2.24) is 4.57 Å². The minimum Gasteiger partial charge on any atom is -0.237 e. The van der Waals surface area contributed by atoms with E-state index in [2.05, 4.69) is 0 Å². The Kier molecular flexibility index (Phi) is 1.21. The highest BCUT2D eigenvalue weighted by Gasteiger charge is 2.06. The fraction of sp³-hybridized carbons (Fsp3) is 0.667. The summed E-state index contributed by atoms with van der Waals surface area (Å²) in [6, 6.07) is 0. The van der Waals surface area contributed by atoms with Crippen molar-refractivity contribution >= 4 is 0 Å². The SMILES string of the molecule is [2H]c1c([2H])[n+](C)c(C([2H])([2H])[2H])n1CCCC. The van der Waals surface area contributed by atoms with Crippen LogP contribution in [0.4, 0.5) is 0 Å². The highest BCUT2D eigenvalue weighted by Crippen LogP contribution is 1.96. The molecule has 0 N–H and O–H groups in total. The predicted molar refractivity (Wildman–Crippen MR) is 45.3 cm³/mol. The summed E-state index contributed by atoms with van der Waals surface area (Å²) in [5.74, 6) is 0.0657. The molecule has 0 atom stereocenters. The van der Waals surface area contributed by atoms with E-state index in [9.17, 15) is 0 Å². The molecule has 0 fully saturated rings. The van der Waals surface area contributed by atoms with E-state index in [1.54, 1.807) is 0 Å². The molecule has 2 heteroatoms. The molecule has 1 aromatic heterocycles. The molecule has 0 saturated heterocycles. The monoisotopic (exact) mass is 158 g/mol. The average Bonchev–Trinajstić information content (AvgIpc) is 2.39.